The van der Waals surface area contributed by atoms with Crippen LogP contribution in [0.4, 0.5) is 4.39 Å². The second kappa shape index (κ2) is 5.40. The van der Waals surface area contributed by atoms with Crippen molar-refractivity contribution in [1.82, 2.24) is 0 Å². The number of benzene rings is 2. The molecule has 0 bridgehead atoms. The molecule has 1 fully saturated rings. The second-order valence-electron chi connectivity index (χ2n) is 5.12. The molecule has 2 aromatic carbocycles. The number of hydrogen-bond acceptors (Lipinski definition) is 0. The highest BCUT2D eigenvalue weighted by Gasteiger charge is 2.23. The highest BCUT2D eigenvalue weighted by Crippen LogP contribution is 2.39. The predicted octanol–water partition coefficient (Wildman–Crippen LogP) is 5.17. The Morgan fingerprint density at radius 2 is 1.63 bits per heavy atom. The van der Waals surface area contributed by atoms with Crippen LogP contribution in [-0.4, -0.2) is 0 Å². The molecule has 0 amide bonds. The van der Waals surface area contributed by atoms with Crippen molar-refractivity contribution in [3.05, 3.63) is 71.5 Å². The average molecular weight is 252 g/mol. The van der Waals surface area contributed by atoms with Gasteiger partial charge in [-0.15, -0.1) is 0 Å². The minimum atomic E-state index is -0.143. The number of allylic oxidation sites excluding steroid dienone is 1. The lowest BCUT2D eigenvalue weighted by Crippen LogP contribution is -2.13. The van der Waals surface area contributed by atoms with Gasteiger partial charge in [0.05, 0.1) is 0 Å². The van der Waals surface area contributed by atoms with E-state index in [-0.39, 0.29) is 5.82 Å². The van der Waals surface area contributed by atoms with Crippen LogP contribution in [0.15, 0.2) is 54.6 Å². The highest BCUT2D eigenvalue weighted by atomic mass is 19.1. The van der Waals surface area contributed by atoms with Crippen molar-refractivity contribution in [3.63, 3.8) is 0 Å². The molecular formula is C18H17F. The van der Waals surface area contributed by atoms with Crippen molar-refractivity contribution >= 4 is 11.6 Å². The van der Waals surface area contributed by atoms with Gasteiger partial charge in [-0.3, -0.25) is 0 Å². The zero-order chi connectivity index (χ0) is 13.1. The normalized spacial score (nSPS) is 16.2. The van der Waals surface area contributed by atoms with E-state index in [1.165, 1.54) is 36.5 Å². The maximum absolute atomic E-state index is 13.8. The van der Waals surface area contributed by atoms with Gasteiger partial charge in [0.1, 0.15) is 5.82 Å². The summed E-state index contributed by atoms with van der Waals surface area (Å²) in [5.41, 5.74) is 3.18. The molecule has 1 aliphatic carbocycles. The van der Waals surface area contributed by atoms with E-state index in [4.69, 9.17) is 0 Å². The van der Waals surface area contributed by atoms with Gasteiger partial charge in [-0.2, -0.15) is 0 Å². The van der Waals surface area contributed by atoms with Gasteiger partial charge in [0.2, 0.25) is 0 Å². The van der Waals surface area contributed by atoms with E-state index in [1.54, 1.807) is 6.07 Å². The fraction of sp³-hybridized carbons (Fsp3) is 0.222. The fourth-order valence-electron chi connectivity index (χ4n) is 2.55. The molecule has 96 valence electrons. The largest absolute Gasteiger partial charge is 0.206 e. The van der Waals surface area contributed by atoms with E-state index in [0.717, 1.165) is 0 Å². The Balaban J connectivity index is 2.02. The first-order valence-electron chi connectivity index (χ1n) is 6.86. The molecule has 19 heavy (non-hydrogen) atoms. The minimum Gasteiger partial charge on any atom is -0.206 e. The first-order valence-corrected chi connectivity index (χ1v) is 6.86. The second-order valence-corrected chi connectivity index (χ2v) is 5.12. The fourth-order valence-corrected chi connectivity index (χ4v) is 2.55. The van der Waals surface area contributed by atoms with E-state index >= 15 is 0 Å². The van der Waals surface area contributed by atoms with E-state index in [2.05, 4.69) is 12.1 Å². The molecule has 1 aliphatic rings. The Morgan fingerprint density at radius 3 is 2.26 bits per heavy atom. The molecule has 0 atom stereocenters. The van der Waals surface area contributed by atoms with Crippen molar-refractivity contribution < 1.29 is 4.39 Å². The molecule has 0 heterocycles. The third kappa shape index (κ3) is 2.60. The van der Waals surface area contributed by atoms with Gasteiger partial charge in [-0.05, 0) is 42.0 Å². The van der Waals surface area contributed by atoms with Gasteiger partial charge in [-0.1, -0.05) is 55.0 Å². The number of halogens is 1. The van der Waals surface area contributed by atoms with E-state index in [0.29, 0.717) is 11.5 Å². The maximum atomic E-state index is 13.8. The van der Waals surface area contributed by atoms with Crippen LogP contribution >= 0.6 is 0 Å². The summed E-state index contributed by atoms with van der Waals surface area (Å²) in [5, 5.41) is 0. The monoisotopic (exact) mass is 252 g/mol. The van der Waals surface area contributed by atoms with Crippen LogP contribution < -0.4 is 0 Å². The molecule has 2 aromatic rings. The zero-order valence-corrected chi connectivity index (χ0v) is 10.9. The van der Waals surface area contributed by atoms with Gasteiger partial charge >= 0.3 is 0 Å². The molecule has 0 unspecified atom stereocenters. The van der Waals surface area contributed by atoms with Crippen molar-refractivity contribution in [2.24, 2.45) is 5.92 Å². The van der Waals surface area contributed by atoms with Gasteiger partial charge in [0, 0.05) is 5.56 Å². The van der Waals surface area contributed by atoms with E-state index in [9.17, 15) is 4.39 Å². The number of hydrogen-bond donors (Lipinski definition) is 0. The Labute approximate surface area is 113 Å². The molecule has 0 N–H and O–H groups in total. The molecule has 0 aliphatic heterocycles. The lowest BCUT2D eigenvalue weighted by atomic mass is 9.76. The Hall–Kier alpha value is -1.89. The van der Waals surface area contributed by atoms with Crippen LogP contribution in [0.2, 0.25) is 0 Å². The summed E-state index contributed by atoms with van der Waals surface area (Å²) in [4.78, 5) is 0. The summed E-state index contributed by atoms with van der Waals surface area (Å²) < 4.78 is 13.8. The summed E-state index contributed by atoms with van der Waals surface area (Å²) in [6.07, 6.45) is 5.74. The van der Waals surface area contributed by atoms with Gasteiger partial charge in [0.25, 0.3) is 0 Å². The molecule has 1 saturated carbocycles. The molecule has 0 radical (unpaired) electrons. The highest BCUT2D eigenvalue weighted by molar-refractivity contribution is 5.83. The van der Waals surface area contributed by atoms with E-state index in [1.807, 2.05) is 36.4 Å². The SMILES string of the molecule is Fc1ccccc1/C=C(\c1ccccc1)C1CCC1. The van der Waals surface area contributed by atoms with Crippen LogP contribution in [-0.2, 0) is 0 Å². The van der Waals surface area contributed by atoms with Crippen molar-refractivity contribution in [3.8, 4) is 0 Å². The average Bonchev–Trinajstić information content (AvgIpc) is 2.39. The van der Waals surface area contributed by atoms with Crippen LogP contribution in [0.5, 0.6) is 0 Å². The topological polar surface area (TPSA) is 0 Å². The quantitative estimate of drug-likeness (QED) is 0.661. The van der Waals surface area contributed by atoms with Crippen molar-refractivity contribution in [2.45, 2.75) is 19.3 Å². The third-order valence-corrected chi connectivity index (χ3v) is 3.87. The van der Waals surface area contributed by atoms with Crippen LogP contribution in [0.25, 0.3) is 11.6 Å². The van der Waals surface area contributed by atoms with Crippen LogP contribution in [0, 0.1) is 11.7 Å². The lowest BCUT2D eigenvalue weighted by Gasteiger charge is -2.28. The molecule has 0 nitrogen and oxygen atoms in total. The molecule has 0 saturated heterocycles. The molecule has 0 spiro atoms. The smallest absolute Gasteiger partial charge is 0.130 e. The first kappa shape index (κ1) is 12.2. The molecule has 3 rings (SSSR count). The maximum Gasteiger partial charge on any atom is 0.130 e. The minimum absolute atomic E-state index is 0.143. The summed E-state index contributed by atoms with van der Waals surface area (Å²) in [6, 6.07) is 17.3. The van der Waals surface area contributed by atoms with Gasteiger partial charge < -0.3 is 0 Å². The molecule has 1 heteroatoms. The lowest BCUT2D eigenvalue weighted by molar-refractivity contribution is 0.401. The third-order valence-electron chi connectivity index (χ3n) is 3.87. The zero-order valence-electron chi connectivity index (χ0n) is 10.9. The first-order chi connectivity index (χ1) is 9.34. The summed E-state index contributed by atoms with van der Waals surface area (Å²) in [7, 11) is 0. The summed E-state index contributed by atoms with van der Waals surface area (Å²) in [5.74, 6) is 0.442. The Kier molecular flexibility index (Phi) is 3.45. The predicted molar refractivity (Wildman–Crippen MR) is 78.1 cm³/mol. The summed E-state index contributed by atoms with van der Waals surface area (Å²) in [6.45, 7) is 0. The van der Waals surface area contributed by atoms with Crippen LogP contribution in [0.1, 0.15) is 30.4 Å². The number of rotatable bonds is 3. The van der Waals surface area contributed by atoms with Crippen molar-refractivity contribution in [1.29, 1.82) is 0 Å². The van der Waals surface area contributed by atoms with Crippen molar-refractivity contribution in [2.75, 3.05) is 0 Å². The van der Waals surface area contributed by atoms with Gasteiger partial charge in [0.15, 0.2) is 0 Å². The summed E-state index contributed by atoms with van der Waals surface area (Å²) >= 11 is 0. The van der Waals surface area contributed by atoms with E-state index < -0.39 is 0 Å². The van der Waals surface area contributed by atoms with Crippen LogP contribution in [0.3, 0.4) is 0 Å². The van der Waals surface area contributed by atoms with Gasteiger partial charge in [-0.25, -0.2) is 4.39 Å². The molecular weight excluding hydrogens is 235 g/mol. The molecule has 0 aromatic heterocycles. The standard InChI is InChI=1S/C18H17F/c19-18-12-5-4-9-16(18)13-17(15-10-6-11-15)14-7-2-1-3-8-14/h1-5,7-9,12-13,15H,6,10-11H2/b17-13+. The Bertz CT molecular complexity index is 580. The Morgan fingerprint density at radius 1 is 0.947 bits per heavy atom.